The summed E-state index contributed by atoms with van der Waals surface area (Å²) in [7, 11) is 0. The maximum Gasteiger partial charge on any atom is 0.240 e. The van der Waals surface area contributed by atoms with Gasteiger partial charge in [0.2, 0.25) is 5.91 Å². The standard InChI is InChI=1S/C19H25N3O/c1-14-10-17-18(11-15(14)2)22(13-21-17)12-19(23)20-9-8-16-6-4-3-5-7-16/h6,10-11,13H,3-5,7-9,12H2,1-2H3,(H,20,23). The number of allylic oxidation sites excluding steroid dienone is 1. The monoisotopic (exact) mass is 311 g/mol. The first-order chi connectivity index (χ1) is 11.1. The van der Waals surface area contributed by atoms with E-state index in [4.69, 9.17) is 0 Å². The van der Waals surface area contributed by atoms with Crippen LogP contribution in [-0.2, 0) is 11.3 Å². The molecule has 0 bridgehead atoms. The zero-order valence-corrected chi connectivity index (χ0v) is 14.1. The minimum atomic E-state index is 0.0546. The normalized spacial score (nSPS) is 14.8. The number of carbonyl (C=O) groups is 1. The molecular formula is C19H25N3O. The van der Waals surface area contributed by atoms with E-state index in [1.165, 1.54) is 42.4 Å². The third kappa shape index (κ3) is 3.81. The van der Waals surface area contributed by atoms with E-state index in [2.05, 4.69) is 42.4 Å². The predicted octanol–water partition coefficient (Wildman–Crippen LogP) is 3.66. The average molecular weight is 311 g/mol. The first-order valence-electron chi connectivity index (χ1n) is 8.50. The van der Waals surface area contributed by atoms with E-state index in [0.717, 1.165) is 24.0 Å². The Morgan fingerprint density at radius 3 is 2.87 bits per heavy atom. The number of hydrogen-bond donors (Lipinski definition) is 1. The number of carbonyl (C=O) groups excluding carboxylic acids is 1. The maximum absolute atomic E-state index is 12.2. The molecule has 1 aliphatic rings. The highest BCUT2D eigenvalue weighted by Gasteiger charge is 2.09. The molecule has 2 aromatic rings. The summed E-state index contributed by atoms with van der Waals surface area (Å²) in [5.74, 6) is 0.0546. The number of imidazole rings is 1. The second-order valence-corrected chi connectivity index (χ2v) is 6.51. The second kappa shape index (κ2) is 6.99. The van der Waals surface area contributed by atoms with Crippen LogP contribution < -0.4 is 5.32 Å². The zero-order valence-electron chi connectivity index (χ0n) is 14.1. The SMILES string of the molecule is Cc1cc2ncn(CC(=O)NCCC3=CCCCC3)c2cc1C. The van der Waals surface area contributed by atoms with Crippen LogP contribution in [0.5, 0.6) is 0 Å². The zero-order chi connectivity index (χ0) is 16.2. The van der Waals surface area contributed by atoms with Crippen molar-refractivity contribution >= 4 is 16.9 Å². The summed E-state index contributed by atoms with van der Waals surface area (Å²) in [6.45, 7) is 5.23. The number of nitrogens with one attached hydrogen (secondary N) is 1. The molecule has 0 saturated heterocycles. The van der Waals surface area contributed by atoms with Gasteiger partial charge in [-0.15, -0.1) is 0 Å². The van der Waals surface area contributed by atoms with Crippen molar-refractivity contribution < 1.29 is 4.79 Å². The number of aromatic nitrogens is 2. The van der Waals surface area contributed by atoms with Gasteiger partial charge < -0.3 is 9.88 Å². The third-order valence-electron chi connectivity index (χ3n) is 4.70. The number of amides is 1. The Morgan fingerprint density at radius 2 is 2.09 bits per heavy atom. The minimum Gasteiger partial charge on any atom is -0.354 e. The Bertz CT molecular complexity index is 742. The van der Waals surface area contributed by atoms with E-state index in [-0.39, 0.29) is 5.91 Å². The first kappa shape index (κ1) is 15.8. The largest absolute Gasteiger partial charge is 0.354 e. The molecule has 1 aromatic carbocycles. The van der Waals surface area contributed by atoms with Gasteiger partial charge in [0, 0.05) is 6.54 Å². The predicted molar refractivity (Wildman–Crippen MR) is 93.4 cm³/mol. The van der Waals surface area contributed by atoms with Crippen molar-refractivity contribution in [1.29, 1.82) is 0 Å². The molecule has 23 heavy (non-hydrogen) atoms. The number of aryl methyl sites for hydroxylation is 2. The molecule has 0 aliphatic heterocycles. The molecule has 0 radical (unpaired) electrons. The Hall–Kier alpha value is -2.10. The van der Waals surface area contributed by atoms with Crippen molar-refractivity contribution in [3.8, 4) is 0 Å². The molecule has 1 N–H and O–H groups in total. The van der Waals surface area contributed by atoms with E-state index in [0.29, 0.717) is 6.54 Å². The highest BCUT2D eigenvalue weighted by atomic mass is 16.1. The van der Waals surface area contributed by atoms with Gasteiger partial charge in [-0.25, -0.2) is 4.98 Å². The Morgan fingerprint density at radius 1 is 1.26 bits per heavy atom. The lowest BCUT2D eigenvalue weighted by atomic mass is 9.97. The number of fused-ring (bicyclic) bond motifs is 1. The maximum atomic E-state index is 12.2. The van der Waals surface area contributed by atoms with E-state index in [1.54, 1.807) is 6.33 Å². The van der Waals surface area contributed by atoms with Crippen LogP contribution in [0, 0.1) is 13.8 Å². The van der Waals surface area contributed by atoms with Crippen LogP contribution in [0.25, 0.3) is 11.0 Å². The van der Waals surface area contributed by atoms with Gasteiger partial charge in [0.05, 0.1) is 17.4 Å². The van der Waals surface area contributed by atoms with Crippen molar-refractivity contribution in [2.75, 3.05) is 6.54 Å². The molecule has 1 amide bonds. The molecule has 1 aromatic heterocycles. The molecule has 4 nitrogen and oxygen atoms in total. The van der Waals surface area contributed by atoms with Crippen LogP contribution in [0.2, 0.25) is 0 Å². The van der Waals surface area contributed by atoms with Crippen LogP contribution in [-0.4, -0.2) is 22.0 Å². The average Bonchev–Trinajstić information content (AvgIpc) is 2.91. The van der Waals surface area contributed by atoms with Crippen LogP contribution in [0.15, 0.2) is 30.1 Å². The quantitative estimate of drug-likeness (QED) is 0.857. The van der Waals surface area contributed by atoms with Crippen LogP contribution in [0.1, 0.15) is 43.2 Å². The summed E-state index contributed by atoms with van der Waals surface area (Å²) in [6.07, 6.45) is 10.1. The van der Waals surface area contributed by atoms with Gasteiger partial charge in [-0.05, 0) is 69.2 Å². The lowest BCUT2D eigenvalue weighted by Gasteiger charge is -2.13. The van der Waals surface area contributed by atoms with E-state index in [9.17, 15) is 4.79 Å². The van der Waals surface area contributed by atoms with Gasteiger partial charge in [0.25, 0.3) is 0 Å². The lowest BCUT2D eigenvalue weighted by molar-refractivity contribution is -0.121. The van der Waals surface area contributed by atoms with Gasteiger partial charge in [-0.2, -0.15) is 0 Å². The van der Waals surface area contributed by atoms with Gasteiger partial charge in [0.1, 0.15) is 6.54 Å². The van der Waals surface area contributed by atoms with Gasteiger partial charge in [-0.3, -0.25) is 4.79 Å². The van der Waals surface area contributed by atoms with Crippen molar-refractivity contribution in [3.05, 3.63) is 41.2 Å². The number of benzene rings is 1. The number of rotatable bonds is 5. The van der Waals surface area contributed by atoms with Crippen molar-refractivity contribution in [1.82, 2.24) is 14.9 Å². The topological polar surface area (TPSA) is 46.9 Å². The highest BCUT2D eigenvalue weighted by Crippen LogP contribution is 2.20. The van der Waals surface area contributed by atoms with Gasteiger partial charge in [0.15, 0.2) is 0 Å². The fraction of sp³-hybridized carbons (Fsp3) is 0.474. The summed E-state index contributed by atoms with van der Waals surface area (Å²) >= 11 is 0. The first-order valence-corrected chi connectivity index (χ1v) is 8.50. The second-order valence-electron chi connectivity index (χ2n) is 6.51. The molecular weight excluding hydrogens is 286 g/mol. The fourth-order valence-electron chi connectivity index (χ4n) is 3.14. The van der Waals surface area contributed by atoms with Crippen molar-refractivity contribution in [3.63, 3.8) is 0 Å². The van der Waals surface area contributed by atoms with Gasteiger partial charge in [-0.1, -0.05) is 11.6 Å². The molecule has 0 fully saturated rings. The minimum absolute atomic E-state index is 0.0546. The molecule has 0 atom stereocenters. The summed E-state index contributed by atoms with van der Waals surface area (Å²) in [6, 6.07) is 4.19. The molecule has 122 valence electrons. The molecule has 1 heterocycles. The summed E-state index contributed by atoms with van der Waals surface area (Å²) in [5, 5.41) is 3.03. The van der Waals surface area contributed by atoms with Crippen LogP contribution in [0.4, 0.5) is 0 Å². The summed E-state index contributed by atoms with van der Waals surface area (Å²) in [4.78, 5) is 16.6. The van der Waals surface area contributed by atoms with E-state index in [1.807, 2.05) is 4.57 Å². The smallest absolute Gasteiger partial charge is 0.240 e. The molecule has 0 spiro atoms. The molecule has 4 heteroatoms. The van der Waals surface area contributed by atoms with Crippen LogP contribution in [0.3, 0.4) is 0 Å². The van der Waals surface area contributed by atoms with Crippen LogP contribution >= 0.6 is 0 Å². The lowest BCUT2D eigenvalue weighted by Crippen LogP contribution is -2.28. The molecule has 1 aliphatic carbocycles. The van der Waals surface area contributed by atoms with Crippen molar-refractivity contribution in [2.24, 2.45) is 0 Å². The van der Waals surface area contributed by atoms with E-state index < -0.39 is 0 Å². The highest BCUT2D eigenvalue weighted by molar-refractivity contribution is 5.81. The Balaban J connectivity index is 1.57. The number of hydrogen-bond acceptors (Lipinski definition) is 2. The summed E-state index contributed by atoms with van der Waals surface area (Å²) in [5.41, 5.74) is 5.93. The van der Waals surface area contributed by atoms with Crippen molar-refractivity contribution in [2.45, 2.75) is 52.5 Å². The van der Waals surface area contributed by atoms with E-state index >= 15 is 0 Å². The van der Waals surface area contributed by atoms with Gasteiger partial charge >= 0.3 is 0 Å². The fourth-order valence-corrected chi connectivity index (χ4v) is 3.14. The third-order valence-corrected chi connectivity index (χ3v) is 4.70. The Labute approximate surface area is 137 Å². The molecule has 0 unspecified atom stereocenters. The number of nitrogens with zero attached hydrogens (tertiary/aromatic N) is 2. The molecule has 0 saturated carbocycles. The summed E-state index contributed by atoms with van der Waals surface area (Å²) < 4.78 is 1.93. The molecule has 3 rings (SSSR count). The Kier molecular flexibility index (Phi) is 4.79.